The van der Waals surface area contributed by atoms with E-state index in [2.05, 4.69) is 22.4 Å². The van der Waals surface area contributed by atoms with Gasteiger partial charge in [0.25, 0.3) is 0 Å². The van der Waals surface area contributed by atoms with E-state index in [0.29, 0.717) is 18.3 Å². The molecule has 1 aromatic carbocycles. The number of rotatable bonds is 5. The summed E-state index contributed by atoms with van der Waals surface area (Å²) in [5.74, 6) is 2.73. The molecule has 1 fully saturated rings. The van der Waals surface area contributed by atoms with Gasteiger partial charge in [-0.25, -0.2) is 0 Å². The van der Waals surface area contributed by atoms with Crippen molar-refractivity contribution < 1.29 is 4.52 Å². The first kappa shape index (κ1) is 15.2. The third kappa shape index (κ3) is 3.54. The van der Waals surface area contributed by atoms with E-state index >= 15 is 0 Å². The van der Waals surface area contributed by atoms with Gasteiger partial charge in [0, 0.05) is 18.5 Å². The van der Waals surface area contributed by atoms with Gasteiger partial charge in [-0.05, 0) is 43.3 Å². The minimum absolute atomic E-state index is 0.547. The SMILES string of the molecule is CC(Cc1nc(-c2ccc(CN)cc2)no1)C1CCNCC1. The molecule has 0 aliphatic carbocycles. The van der Waals surface area contributed by atoms with Crippen molar-refractivity contribution in [2.24, 2.45) is 17.6 Å². The Balaban J connectivity index is 1.64. The molecule has 2 aromatic rings. The molecule has 0 radical (unpaired) electrons. The Labute approximate surface area is 131 Å². The average molecular weight is 300 g/mol. The Kier molecular flexibility index (Phi) is 4.85. The zero-order valence-electron chi connectivity index (χ0n) is 13.1. The molecule has 22 heavy (non-hydrogen) atoms. The molecular formula is C17H24N4O. The number of nitrogens with two attached hydrogens (primary N) is 1. The van der Waals surface area contributed by atoms with Gasteiger partial charge in [-0.2, -0.15) is 4.98 Å². The van der Waals surface area contributed by atoms with Crippen LogP contribution in [0.4, 0.5) is 0 Å². The summed E-state index contributed by atoms with van der Waals surface area (Å²) < 4.78 is 5.44. The molecule has 1 aliphatic rings. The van der Waals surface area contributed by atoms with Gasteiger partial charge >= 0.3 is 0 Å². The van der Waals surface area contributed by atoms with Crippen LogP contribution in [-0.4, -0.2) is 23.2 Å². The molecule has 1 atom stereocenters. The van der Waals surface area contributed by atoms with Gasteiger partial charge in [0.05, 0.1) is 0 Å². The van der Waals surface area contributed by atoms with Gasteiger partial charge in [-0.1, -0.05) is 36.3 Å². The fourth-order valence-electron chi connectivity index (χ4n) is 3.10. The van der Waals surface area contributed by atoms with Crippen LogP contribution in [0.1, 0.15) is 31.2 Å². The van der Waals surface area contributed by atoms with Crippen LogP contribution in [0.2, 0.25) is 0 Å². The Hall–Kier alpha value is -1.72. The molecular weight excluding hydrogens is 276 g/mol. The predicted octanol–water partition coefficient (Wildman–Crippen LogP) is 2.37. The minimum Gasteiger partial charge on any atom is -0.339 e. The lowest BCUT2D eigenvalue weighted by molar-refractivity contribution is 0.253. The topological polar surface area (TPSA) is 77.0 Å². The largest absolute Gasteiger partial charge is 0.339 e. The molecule has 0 amide bonds. The van der Waals surface area contributed by atoms with E-state index in [4.69, 9.17) is 10.3 Å². The number of hydrogen-bond acceptors (Lipinski definition) is 5. The number of nitrogens with zero attached hydrogens (tertiary/aromatic N) is 2. The van der Waals surface area contributed by atoms with Crippen LogP contribution in [0.3, 0.4) is 0 Å². The highest BCUT2D eigenvalue weighted by Gasteiger charge is 2.22. The van der Waals surface area contributed by atoms with Crippen molar-refractivity contribution in [3.05, 3.63) is 35.7 Å². The monoisotopic (exact) mass is 300 g/mol. The molecule has 0 bridgehead atoms. The lowest BCUT2D eigenvalue weighted by atomic mass is 9.84. The van der Waals surface area contributed by atoms with E-state index in [9.17, 15) is 0 Å². The Morgan fingerprint density at radius 1 is 1.27 bits per heavy atom. The third-order valence-corrected chi connectivity index (χ3v) is 4.60. The number of aromatic nitrogens is 2. The molecule has 1 aromatic heterocycles. The standard InChI is InChI=1S/C17H24N4O/c1-12(14-6-8-19-9-7-14)10-16-20-17(21-22-16)15-4-2-13(11-18)3-5-15/h2-5,12,14,19H,6-11,18H2,1H3. The molecule has 5 heteroatoms. The van der Waals surface area contributed by atoms with E-state index in [1.165, 1.54) is 12.8 Å². The fraction of sp³-hybridized carbons (Fsp3) is 0.529. The number of benzene rings is 1. The van der Waals surface area contributed by atoms with Gasteiger partial charge in [0.15, 0.2) is 0 Å². The lowest BCUT2D eigenvalue weighted by Gasteiger charge is -2.27. The summed E-state index contributed by atoms with van der Waals surface area (Å²) >= 11 is 0. The van der Waals surface area contributed by atoms with Crippen molar-refractivity contribution in [2.75, 3.05) is 13.1 Å². The quantitative estimate of drug-likeness (QED) is 0.886. The Morgan fingerprint density at radius 3 is 2.68 bits per heavy atom. The normalized spacial score (nSPS) is 17.5. The van der Waals surface area contributed by atoms with Crippen molar-refractivity contribution in [1.29, 1.82) is 0 Å². The predicted molar refractivity (Wildman–Crippen MR) is 86.1 cm³/mol. The summed E-state index contributed by atoms with van der Waals surface area (Å²) in [6, 6.07) is 7.99. The second-order valence-corrected chi connectivity index (χ2v) is 6.18. The average Bonchev–Trinajstić information content (AvgIpc) is 3.04. The van der Waals surface area contributed by atoms with Crippen LogP contribution < -0.4 is 11.1 Å². The van der Waals surface area contributed by atoms with Gasteiger partial charge in [0.1, 0.15) is 0 Å². The molecule has 2 heterocycles. The molecule has 1 unspecified atom stereocenters. The van der Waals surface area contributed by atoms with E-state index in [-0.39, 0.29) is 0 Å². The second-order valence-electron chi connectivity index (χ2n) is 6.18. The van der Waals surface area contributed by atoms with Crippen LogP contribution in [0.25, 0.3) is 11.4 Å². The minimum atomic E-state index is 0.547. The first-order valence-electron chi connectivity index (χ1n) is 8.09. The van der Waals surface area contributed by atoms with E-state index in [1.54, 1.807) is 0 Å². The molecule has 0 spiro atoms. The highest BCUT2D eigenvalue weighted by atomic mass is 16.5. The maximum atomic E-state index is 5.61. The summed E-state index contributed by atoms with van der Waals surface area (Å²) in [7, 11) is 0. The van der Waals surface area contributed by atoms with Gasteiger partial charge in [0.2, 0.25) is 11.7 Å². The van der Waals surface area contributed by atoms with E-state index in [1.807, 2.05) is 24.3 Å². The Morgan fingerprint density at radius 2 is 2.00 bits per heavy atom. The van der Waals surface area contributed by atoms with Crippen LogP contribution in [0.5, 0.6) is 0 Å². The van der Waals surface area contributed by atoms with Crippen molar-refractivity contribution in [2.45, 2.75) is 32.7 Å². The molecule has 3 rings (SSSR count). The lowest BCUT2D eigenvalue weighted by Crippen LogP contribution is -2.31. The first-order valence-corrected chi connectivity index (χ1v) is 8.09. The zero-order valence-corrected chi connectivity index (χ0v) is 13.1. The molecule has 1 aliphatic heterocycles. The van der Waals surface area contributed by atoms with Crippen LogP contribution in [-0.2, 0) is 13.0 Å². The summed E-state index contributed by atoms with van der Waals surface area (Å²) in [6.45, 7) is 5.08. The van der Waals surface area contributed by atoms with Crippen LogP contribution in [0, 0.1) is 11.8 Å². The zero-order chi connectivity index (χ0) is 15.4. The van der Waals surface area contributed by atoms with Crippen LogP contribution >= 0.6 is 0 Å². The number of hydrogen-bond donors (Lipinski definition) is 2. The van der Waals surface area contributed by atoms with E-state index in [0.717, 1.165) is 42.4 Å². The van der Waals surface area contributed by atoms with Crippen molar-refractivity contribution in [3.63, 3.8) is 0 Å². The smallest absolute Gasteiger partial charge is 0.227 e. The highest BCUT2D eigenvalue weighted by Crippen LogP contribution is 2.25. The van der Waals surface area contributed by atoms with Crippen LogP contribution in [0.15, 0.2) is 28.8 Å². The molecule has 5 nitrogen and oxygen atoms in total. The van der Waals surface area contributed by atoms with Gasteiger partial charge in [-0.3, -0.25) is 0 Å². The summed E-state index contributed by atoms with van der Waals surface area (Å²) in [6.07, 6.45) is 3.34. The summed E-state index contributed by atoms with van der Waals surface area (Å²) in [5.41, 5.74) is 7.69. The van der Waals surface area contributed by atoms with E-state index < -0.39 is 0 Å². The Bertz CT molecular complexity index is 587. The maximum absolute atomic E-state index is 5.61. The number of nitrogens with one attached hydrogen (secondary N) is 1. The molecule has 3 N–H and O–H groups in total. The third-order valence-electron chi connectivity index (χ3n) is 4.60. The second kappa shape index (κ2) is 7.03. The van der Waals surface area contributed by atoms with Crippen molar-refractivity contribution in [3.8, 4) is 11.4 Å². The fourth-order valence-corrected chi connectivity index (χ4v) is 3.10. The maximum Gasteiger partial charge on any atom is 0.227 e. The molecule has 118 valence electrons. The highest BCUT2D eigenvalue weighted by molar-refractivity contribution is 5.54. The van der Waals surface area contributed by atoms with Crippen molar-refractivity contribution in [1.82, 2.24) is 15.5 Å². The molecule has 0 saturated carbocycles. The summed E-state index contributed by atoms with van der Waals surface area (Å²) in [4.78, 5) is 4.55. The molecule has 1 saturated heterocycles. The number of piperidine rings is 1. The van der Waals surface area contributed by atoms with Gasteiger partial charge in [-0.15, -0.1) is 0 Å². The summed E-state index contributed by atoms with van der Waals surface area (Å²) in [5, 5.41) is 7.52. The first-order chi connectivity index (χ1) is 10.8. The van der Waals surface area contributed by atoms with Crippen molar-refractivity contribution >= 4 is 0 Å². The van der Waals surface area contributed by atoms with Gasteiger partial charge < -0.3 is 15.6 Å².